The first kappa shape index (κ1) is 12.2. The topological polar surface area (TPSA) is 29.3 Å². The van der Waals surface area contributed by atoms with E-state index in [1.807, 2.05) is 22.7 Å². The van der Waals surface area contributed by atoms with E-state index in [1.165, 1.54) is 0 Å². The number of pyridine rings is 1. The van der Waals surface area contributed by atoms with E-state index in [-0.39, 0.29) is 5.54 Å². The Hall–Kier alpha value is -1.22. The zero-order chi connectivity index (χ0) is 12.3. The van der Waals surface area contributed by atoms with Crippen LogP contribution in [-0.2, 0) is 0 Å². The first-order valence-electron chi connectivity index (χ1n) is 6.01. The van der Waals surface area contributed by atoms with Gasteiger partial charge in [0.15, 0.2) is 0 Å². The van der Waals surface area contributed by atoms with Crippen LogP contribution in [0.15, 0.2) is 30.6 Å². The molecule has 0 radical (unpaired) electrons. The predicted octanol–water partition coefficient (Wildman–Crippen LogP) is 3.54. The van der Waals surface area contributed by atoms with Gasteiger partial charge in [0.25, 0.3) is 0 Å². The standard InChI is InChI=1S/C13H18ClN3/c1-3-13(4-2,10-14)16-12-7-5-6-11-15-8-9-17(11)12/h5-9,16H,3-4,10H2,1-2H3. The van der Waals surface area contributed by atoms with Crippen LogP contribution in [0.5, 0.6) is 0 Å². The molecule has 0 saturated carbocycles. The van der Waals surface area contributed by atoms with Crippen LogP contribution < -0.4 is 5.32 Å². The molecule has 0 saturated heterocycles. The molecular weight excluding hydrogens is 234 g/mol. The molecule has 4 heteroatoms. The molecule has 1 N–H and O–H groups in total. The number of hydrogen-bond acceptors (Lipinski definition) is 2. The maximum atomic E-state index is 6.11. The number of rotatable bonds is 5. The summed E-state index contributed by atoms with van der Waals surface area (Å²) in [6.45, 7) is 4.32. The Morgan fingerprint density at radius 2 is 2.12 bits per heavy atom. The molecule has 2 aromatic heterocycles. The lowest BCUT2D eigenvalue weighted by Crippen LogP contribution is -2.39. The summed E-state index contributed by atoms with van der Waals surface area (Å²) in [5.41, 5.74) is 0.908. The van der Waals surface area contributed by atoms with Crippen molar-refractivity contribution in [3.05, 3.63) is 30.6 Å². The third kappa shape index (κ3) is 2.25. The minimum atomic E-state index is -0.0416. The first-order valence-corrected chi connectivity index (χ1v) is 6.54. The Bertz CT molecular complexity index is 480. The molecule has 0 spiro atoms. The number of anilines is 1. The van der Waals surface area contributed by atoms with Crippen molar-refractivity contribution >= 4 is 23.1 Å². The van der Waals surface area contributed by atoms with Crippen molar-refractivity contribution in [1.82, 2.24) is 9.38 Å². The van der Waals surface area contributed by atoms with Gasteiger partial charge in [-0.15, -0.1) is 11.6 Å². The second-order valence-corrected chi connectivity index (χ2v) is 4.58. The van der Waals surface area contributed by atoms with Crippen molar-refractivity contribution in [3.8, 4) is 0 Å². The monoisotopic (exact) mass is 251 g/mol. The van der Waals surface area contributed by atoms with E-state index in [1.54, 1.807) is 6.20 Å². The van der Waals surface area contributed by atoms with Crippen LogP contribution in [0.4, 0.5) is 5.82 Å². The van der Waals surface area contributed by atoms with Crippen LogP contribution in [0.2, 0.25) is 0 Å². The van der Waals surface area contributed by atoms with Gasteiger partial charge in [-0.2, -0.15) is 0 Å². The number of halogens is 1. The summed E-state index contributed by atoms with van der Waals surface area (Å²) in [6, 6.07) is 6.06. The van der Waals surface area contributed by atoms with Gasteiger partial charge in [-0.3, -0.25) is 4.40 Å². The van der Waals surface area contributed by atoms with Gasteiger partial charge in [0.2, 0.25) is 0 Å². The summed E-state index contributed by atoms with van der Waals surface area (Å²) in [5.74, 6) is 1.65. The fourth-order valence-corrected chi connectivity index (χ4v) is 2.42. The minimum absolute atomic E-state index is 0.0416. The van der Waals surface area contributed by atoms with E-state index in [0.717, 1.165) is 24.3 Å². The van der Waals surface area contributed by atoms with Crippen molar-refractivity contribution in [3.63, 3.8) is 0 Å². The molecule has 0 bridgehead atoms. The summed E-state index contributed by atoms with van der Waals surface area (Å²) in [7, 11) is 0. The number of alkyl halides is 1. The number of nitrogens with zero attached hydrogens (tertiary/aromatic N) is 2. The number of hydrogen-bond donors (Lipinski definition) is 1. The molecule has 3 nitrogen and oxygen atoms in total. The minimum Gasteiger partial charge on any atom is -0.365 e. The highest BCUT2D eigenvalue weighted by molar-refractivity contribution is 6.18. The number of imidazole rings is 1. The molecule has 2 aromatic rings. The summed E-state index contributed by atoms with van der Waals surface area (Å²) in [6.07, 6.45) is 5.76. The van der Waals surface area contributed by atoms with Gasteiger partial charge >= 0.3 is 0 Å². The number of aromatic nitrogens is 2. The van der Waals surface area contributed by atoms with E-state index in [9.17, 15) is 0 Å². The second-order valence-electron chi connectivity index (χ2n) is 4.31. The Kier molecular flexibility index (Phi) is 3.57. The van der Waals surface area contributed by atoms with Crippen molar-refractivity contribution in [2.75, 3.05) is 11.2 Å². The first-order chi connectivity index (χ1) is 8.24. The molecule has 0 aliphatic heterocycles. The lowest BCUT2D eigenvalue weighted by Gasteiger charge is -2.32. The molecule has 0 unspecified atom stereocenters. The molecule has 0 atom stereocenters. The fraction of sp³-hybridized carbons (Fsp3) is 0.462. The number of fused-ring (bicyclic) bond motifs is 1. The van der Waals surface area contributed by atoms with Crippen LogP contribution in [0.1, 0.15) is 26.7 Å². The molecule has 17 heavy (non-hydrogen) atoms. The largest absolute Gasteiger partial charge is 0.365 e. The average molecular weight is 252 g/mol. The van der Waals surface area contributed by atoms with Crippen LogP contribution in [0.3, 0.4) is 0 Å². The Morgan fingerprint density at radius 3 is 2.76 bits per heavy atom. The zero-order valence-electron chi connectivity index (χ0n) is 10.3. The van der Waals surface area contributed by atoms with Crippen LogP contribution in [-0.4, -0.2) is 20.8 Å². The van der Waals surface area contributed by atoms with Crippen molar-refractivity contribution in [2.45, 2.75) is 32.2 Å². The third-order valence-corrected chi connectivity index (χ3v) is 3.94. The summed E-state index contributed by atoms with van der Waals surface area (Å²) in [4.78, 5) is 4.28. The highest BCUT2D eigenvalue weighted by Crippen LogP contribution is 2.24. The van der Waals surface area contributed by atoms with E-state index in [4.69, 9.17) is 11.6 Å². The maximum Gasteiger partial charge on any atom is 0.138 e. The van der Waals surface area contributed by atoms with Crippen LogP contribution in [0.25, 0.3) is 5.65 Å². The smallest absolute Gasteiger partial charge is 0.138 e. The normalized spacial score (nSPS) is 11.9. The van der Waals surface area contributed by atoms with Crippen LogP contribution >= 0.6 is 11.6 Å². The molecule has 92 valence electrons. The third-order valence-electron chi connectivity index (χ3n) is 3.43. The molecule has 0 aliphatic carbocycles. The van der Waals surface area contributed by atoms with E-state index < -0.39 is 0 Å². The van der Waals surface area contributed by atoms with Gasteiger partial charge in [-0.1, -0.05) is 19.9 Å². The predicted molar refractivity (Wildman–Crippen MR) is 72.8 cm³/mol. The Morgan fingerprint density at radius 1 is 1.35 bits per heavy atom. The summed E-state index contributed by atoms with van der Waals surface area (Å²) in [5, 5.41) is 3.56. The maximum absolute atomic E-state index is 6.11. The average Bonchev–Trinajstić information content (AvgIpc) is 2.85. The molecule has 0 aliphatic rings. The van der Waals surface area contributed by atoms with Crippen molar-refractivity contribution in [2.24, 2.45) is 0 Å². The van der Waals surface area contributed by atoms with Gasteiger partial charge in [0.1, 0.15) is 11.5 Å². The molecule has 2 heterocycles. The number of nitrogens with one attached hydrogen (secondary N) is 1. The summed E-state index contributed by atoms with van der Waals surface area (Å²) < 4.78 is 2.05. The quantitative estimate of drug-likeness (QED) is 0.824. The lowest BCUT2D eigenvalue weighted by molar-refractivity contribution is 0.482. The van der Waals surface area contributed by atoms with Crippen molar-refractivity contribution < 1.29 is 0 Å². The van der Waals surface area contributed by atoms with Gasteiger partial charge in [-0.05, 0) is 25.0 Å². The van der Waals surface area contributed by atoms with Gasteiger partial charge in [0, 0.05) is 18.3 Å². The van der Waals surface area contributed by atoms with Gasteiger partial charge < -0.3 is 5.32 Å². The highest BCUT2D eigenvalue weighted by Gasteiger charge is 2.25. The Labute approximate surface area is 107 Å². The lowest BCUT2D eigenvalue weighted by atomic mass is 9.95. The SMILES string of the molecule is CCC(CC)(CCl)Nc1cccc2nccn12. The molecular formula is C13H18ClN3. The molecule has 2 rings (SSSR count). The fourth-order valence-electron chi connectivity index (χ4n) is 1.97. The van der Waals surface area contributed by atoms with E-state index in [2.05, 4.69) is 30.2 Å². The molecule has 0 amide bonds. The molecule has 0 aromatic carbocycles. The van der Waals surface area contributed by atoms with E-state index >= 15 is 0 Å². The zero-order valence-corrected chi connectivity index (χ0v) is 11.0. The second kappa shape index (κ2) is 4.96. The van der Waals surface area contributed by atoms with Crippen LogP contribution in [0, 0.1) is 0 Å². The molecule has 0 fully saturated rings. The highest BCUT2D eigenvalue weighted by atomic mass is 35.5. The van der Waals surface area contributed by atoms with E-state index in [0.29, 0.717) is 5.88 Å². The van der Waals surface area contributed by atoms with Crippen molar-refractivity contribution in [1.29, 1.82) is 0 Å². The summed E-state index contributed by atoms with van der Waals surface area (Å²) >= 11 is 6.11. The van der Waals surface area contributed by atoms with Gasteiger partial charge in [-0.25, -0.2) is 4.98 Å². The van der Waals surface area contributed by atoms with Gasteiger partial charge in [0.05, 0.1) is 5.54 Å². The Balaban J connectivity index is 2.37.